The van der Waals surface area contributed by atoms with E-state index < -0.39 is 0 Å². The molecule has 0 atom stereocenters. The van der Waals surface area contributed by atoms with Crippen LogP contribution in [0.2, 0.25) is 0 Å². The number of anilines is 3. The lowest BCUT2D eigenvalue weighted by Crippen LogP contribution is -2.10. The topological polar surface area (TPSA) is 21.3 Å². The van der Waals surface area contributed by atoms with Crippen LogP contribution in [0.4, 0.5) is 17.1 Å². The first-order chi connectivity index (χ1) is 34.2. The van der Waals surface area contributed by atoms with Gasteiger partial charge in [-0.15, -0.1) is 0 Å². The standard InChI is InChI=1S/C66H42N2O/c1-3-16-52-48(15-1)41-64(56-19-6-5-18-55(52)56)67(50-36-32-44(33-37-50)43-28-30-46(31-29-43)54-23-13-24-60-59-22-9-12-27-65(59)69-66(54)60)51-38-34-45(35-39-51)49-40-47-14-2-4-17-53(47)63(42-49)68-61-25-10-7-20-57(61)58-21-8-11-26-62(58)68/h1-42H. The summed E-state index contributed by atoms with van der Waals surface area (Å²) in [6.45, 7) is 0. The zero-order valence-corrected chi connectivity index (χ0v) is 37.6. The summed E-state index contributed by atoms with van der Waals surface area (Å²) in [7, 11) is 0. The number of benzene rings is 12. The van der Waals surface area contributed by atoms with Crippen molar-refractivity contribution in [2.75, 3.05) is 4.90 Å². The highest BCUT2D eigenvalue weighted by molar-refractivity contribution is 6.15. The molecule has 0 radical (unpaired) electrons. The van der Waals surface area contributed by atoms with E-state index in [-0.39, 0.29) is 0 Å². The van der Waals surface area contributed by atoms with Crippen molar-refractivity contribution in [1.29, 1.82) is 0 Å². The summed E-state index contributed by atoms with van der Waals surface area (Å²) in [6.07, 6.45) is 0. The Bertz CT molecular complexity index is 4240. The number of rotatable bonds is 7. The molecular weight excluding hydrogens is 837 g/mol. The Kier molecular flexibility index (Phi) is 8.90. The molecule has 0 saturated heterocycles. The lowest BCUT2D eigenvalue weighted by atomic mass is 9.97. The van der Waals surface area contributed by atoms with Crippen LogP contribution in [0.25, 0.3) is 115 Å². The van der Waals surface area contributed by atoms with Crippen molar-refractivity contribution in [2.24, 2.45) is 0 Å². The molecule has 0 aliphatic heterocycles. The van der Waals surface area contributed by atoms with Crippen molar-refractivity contribution in [3.8, 4) is 39.1 Å². The molecule has 0 N–H and O–H groups in total. The van der Waals surface area contributed by atoms with E-state index >= 15 is 0 Å². The van der Waals surface area contributed by atoms with Crippen molar-refractivity contribution in [3.63, 3.8) is 0 Å². The Balaban J connectivity index is 0.871. The van der Waals surface area contributed by atoms with Gasteiger partial charge in [0.15, 0.2) is 0 Å². The Morgan fingerprint density at radius 3 is 1.45 bits per heavy atom. The molecule has 0 spiro atoms. The zero-order chi connectivity index (χ0) is 45.4. The highest BCUT2D eigenvalue weighted by atomic mass is 16.3. The van der Waals surface area contributed by atoms with E-state index in [2.05, 4.69) is 252 Å². The average Bonchev–Trinajstić information content (AvgIpc) is 3.97. The van der Waals surface area contributed by atoms with Crippen LogP contribution in [0, 0.1) is 0 Å². The van der Waals surface area contributed by atoms with Gasteiger partial charge in [0, 0.05) is 49.3 Å². The van der Waals surface area contributed by atoms with Gasteiger partial charge in [0.2, 0.25) is 0 Å². The molecule has 14 rings (SSSR count). The lowest BCUT2D eigenvalue weighted by molar-refractivity contribution is 0.670. The maximum Gasteiger partial charge on any atom is 0.143 e. The van der Waals surface area contributed by atoms with Gasteiger partial charge >= 0.3 is 0 Å². The molecule has 0 aliphatic rings. The molecule has 0 aliphatic carbocycles. The molecule has 0 saturated carbocycles. The van der Waals surface area contributed by atoms with Crippen LogP contribution in [-0.2, 0) is 0 Å². The fourth-order valence-corrected chi connectivity index (χ4v) is 10.9. The third kappa shape index (κ3) is 6.36. The second-order valence-corrected chi connectivity index (χ2v) is 18.0. The Hall–Kier alpha value is -9.18. The molecule has 322 valence electrons. The summed E-state index contributed by atoms with van der Waals surface area (Å²) in [5, 5.41) is 12.1. The third-order valence-corrected chi connectivity index (χ3v) is 14.2. The lowest BCUT2D eigenvalue weighted by Gasteiger charge is -2.28. The summed E-state index contributed by atoms with van der Waals surface area (Å²) < 4.78 is 8.84. The largest absolute Gasteiger partial charge is 0.455 e. The van der Waals surface area contributed by atoms with Crippen LogP contribution in [0.1, 0.15) is 0 Å². The van der Waals surface area contributed by atoms with Crippen LogP contribution >= 0.6 is 0 Å². The fourth-order valence-electron chi connectivity index (χ4n) is 10.9. The van der Waals surface area contributed by atoms with Gasteiger partial charge in [-0.05, 0) is 110 Å². The van der Waals surface area contributed by atoms with Gasteiger partial charge in [-0.2, -0.15) is 0 Å². The number of furan rings is 1. The number of nitrogens with zero attached hydrogens (tertiary/aromatic N) is 2. The van der Waals surface area contributed by atoms with E-state index in [1.807, 2.05) is 12.1 Å². The molecule has 0 unspecified atom stereocenters. The molecule has 3 nitrogen and oxygen atoms in total. The normalized spacial score (nSPS) is 11.8. The summed E-state index contributed by atoms with van der Waals surface area (Å²) >= 11 is 0. The molecule has 69 heavy (non-hydrogen) atoms. The smallest absolute Gasteiger partial charge is 0.143 e. The highest BCUT2D eigenvalue weighted by Crippen LogP contribution is 2.44. The minimum atomic E-state index is 0.910. The highest BCUT2D eigenvalue weighted by Gasteiger charge is 2.20. The van der Waals surface area contributed by atoms with E-state index in [1.54, 1.807) is 0 Å². The second-order valence-electron chi connectivity index (χ2n) is 18.0. The first-order valence-electron chi connectivity index (χ1n) is 23.7. The first kappa shape index (κ1) is 39.0. The second kappa shape index (κ2) is 15.7. The summed E-state index contributed by atoms with van der Waals surface area (Å²) in [5.41, 5.74) is 15.6. The van der Waals surface area contributed by atoms with Crippen molar-refractivity contribution >= 4 is 93.1 Å². The number of hydrogen-bond donors (Lipinski definition) is 0. The molecule has 12 aromatic carbocycles. The summed E-state index contributed by atoms with van der Waals surface area (Å²) in [5.74, 6) is 0. The van der Waals surface area contributed by atoms with Crippen molar-refractivity contribution in [1.82, 2.24) is 4.57 Å². The van der Waals surface area contributed by atoms with Gasteiger partial charge in [-0.3, -0.25) is 0 Å². The number of para-hydroxylation sites is 4. The van der Waals surface area contributed by atoms with E-state index in [0.29, 0.717) is 0 Å². The Morgan fingerprint density at radius 2 is 0.783 bits per heavy atom. The van der Waals surface area contributed by atoms with Crippen molar-refractivity contribution in [2.45, 2.75) is 0 Å². The molecule has 2 aromatic heterocycles. The van der Waals surface area contributed by atoms with Gasteiger partial charge < -0.3 is 13.9 Å². The minimum absolute atomic E-state index is 0.910. The fraction of sp³-hybridized carbons (Fsp3) is 0. The monoisotopic (exact) mass is 878 g/mol. The van der Waals surface area contributed by atoms with Crippen LogP contribution in [-0.4, -0.2) is 4.57 Å². The molecule has 3 heteroatoms. The molecule has 0 amide bonds. The predicted molar refractivity (Wildman–Crippen MR) is 292 cm³/mol. The van der Waals surface area contributed by atoms with Crippen molar-refractivity contribution in [3.05, 3.63) is 255 Å². The summed E-state index contributed by atoms with van der Waals surface area (Å²) in [6, 6.07) is 92.6. The van der Waals surface area contributed by atoms with Gasteiger partial charge in [-0.1, -0.05) is 194 Å². The third-order valence-electron chi connectivity index (χ3n) is 14.2. The van der Waals surface area contributed by atoms with Gasteiger partial charge in [0.1, 0.15) is 11.2 Å². The van der Waals surface area contributed by atoms with Crippen LogP contribution in [0.3, 0.4) is 0 Å². The predicted octanol–water partition coefficient (Wildman–Crippen LogP) is 18.6. The number of fused-ring (bicyclic) bond motifs is 10. The van der Waals surface area contributed by atoms with Crippen molar-refractivity contribution < 1.29 is 4.42 Å². The first-order valence-corrected chi connectivity index (χ1v) is 23.7. The van der Waals surface area contributed by atoms with E-state index in [0.717, 1.165) is 66.8 Å². The average molecular weight is 879 g/mol. The maximum atomic E-state index is 6.39. The zero-order valence-electron chi connectivity index (χ0n) is 37.6. The number of aromatic nitrogens is 1. The van der Waals surface area contributed by atoms with Crippen LogP contribution < -0.4 is 4.90 Å². The van der Waals surface area contributed by atoms with Gasteiger partial charge in [-0.25, -0.2) is 0 Å². The summed E-state index contributed by atoms with van der Waals surface area (Å²) in [4.78, 5) is 2.42. The van der Waals surface area contributed by atoms with Crippen LogP contribution in [0.15, 0.2) is 259 Å². The van der Waals surface area contributed by atoms with E-state index in [1.165, 1.54) is 65.4 Å². The van der Waals surface area contributed by atoms with E-state index in [4.69, 9.17) is 4.42 Å². The molecule has 0 fully saturated rings. The maximum absolute atomic E-state index is 6.39. The SMILES string of the molecule is c1ccc2c(-n3c4ccccc4c4ccccc43)cc(-c3ccc(N(c4ccc(-c5ccc(-c6cccc7c6oc6ccccc67)cc5)cc4)c4cc5ccccc5c5ccccc45)cc3)cc2c1. The molecule has 2 heterocycles. The number of hydrogen-bond acceptors (Lipinski definition) is 2. The quantitative estimate of drug-likeness (QED) is 0.149. The van der Waals surface area contributed by atoms with Gasteiger partial charge in [0.25, 0.3) is 0 Å². The Labute approximate surface area is 399 Å². The minimum Gasteiger partial charge on any atom is -0.455 e. The molecule has 0 bridgehead atoms. The van der Waals surface area contributed by atoms with Crippen LogP contribution in [0.5, 0.6) is 0 Å². The molecular formula is C66H42N2O. The Morgan fingerprint density at radius 1 is 0.304 bits per heavy atom. The molecule has 14 aromatic rings. The van der Waals surface area contributed by atoms with E-state index in [9.17, 15) is 0 Å². The van der Waals surface area contributed by atoms with Gasteiger partial charge in [0.05, 0.1) is 22.4 Å².